The molecule has 4 nitrogen and oxygen atoms in total. The maximum absolute atomic E-state index is 12.9. The number of nitrogens with zero attached hydrogens (tertiary/aromatic N) is 3. The molecule has 19 heavy (non-hydrogen) atoms. The van der Waals surface area contributed by atoms with Crippen molar-refractivity contribution >= 4 is 11.7 Å². The summed E-state index contributed by atoms with van der Waals surface area (Å²) in [6.07, 6.45) is 0.989. The van der Waals surface area contributed by atoms with Crippen molar-refractivity contribution in [2.45, 2.75) is 38.7 Å². The Hall–Kier alpha value is -1.46. The number of carbonyl (C=O) groups is 1. The highest BCUT2D eigenvalue weighted by Gasteiger charge is 2.56. The van der Waals surface area contributed by atoms with Crippen LogP contribution in [0.5, 0.6) is 0 Å². The van der Waals surface area contributed by atoms with E-state index in [0.717, 1.165) is 6.42 Å². The van der Waals surface area contributed by atoms with Gasteiger partial charge in [0, 0.05) is 44.3 Å². The van der Waals surface area contributed by atoms with Crippen molar-refractivity contribution < 1.29 is 13.6 Å². The van der Waals surface area contributed by atoms with E-state index in [9.17, 15) is 13.6 Å². The lowest BCUT2D eigenvalue weighted by Crippen LogP contribution is -2.30. The van der Waals surface area contributed by atoms with Crippen molar-refractivity contribution in [2.24, 2.45) is 11.8 Å². The molecule has 3 rings (SSSR count). The highest BCUT2D eigenvalue weighted by atomic mass is 19.3. The van der Waals surface area contributed by atoms with Gasteiger partial charge in [0.2, 0.25) is 5.91 Å². The maximum Gasteiger partial charge on any atom is 0.252 e. The second-order valence-electron chi connectivity index (χ2n) is 5.67. The van der Waals surface area contributed by atoms with Crippen molar-refractivity contribution in [3.8, 4) is 0 Å². The summed E-state index contributed by atoms with van der Waals surface area (Å²) < 4.78 is 27.6. The lowest BCUT2D eigenvalue weighted by atomic mass is 10.1. The Kier molecular flexibility index (Phi) is 2.66. The molecule has 1 aliphatic carbocycles. The fourth-order valence-corrected chi connectivity index (χ4v) is 2.62. The summed E-state index contributed by atoms with van der Waals surface area (Å²) in [7, 11) is 1.72. The predicted octanol–water partition coefficient (Wildman–Crippen LogP) is 2.08. The number of halogens is 2. The van der Waals surface area contributed by atoms with Crippen molar-refractivity contribution in [1.29, 1.82) is 0 Å². The van der Waals surface area contributed by atoms with Crippen LogP contribution in [0.3, 0.4) is 0 Å². The van der Waals surface area contributed by atoms with Crippen molar-refractivity contribution in [1.82, 2.24) is 9.78 Å². The highest BCUT2D eigenvalue weighted by Crippen LogP contribution is 2.50. The third kappa shape index (κ3) is 2.13. The van der Waals surface area contributed by atoms with Crippen LogP contribution < -0.4 is 4.90 Å². The van der Waals surface area contributed by atoms with Gasteiger partial charge in [0.1, 0.15) is 5.82 Å². The Morgan fingerprint density at radius 3 is 2.84 bits per heavy atom. The topological polar surface area (TPSA) is 38.1 Å². The number of hydrogen-bond acceptors (Lipinski definition) is 2. The van der Waals surface area contributed by atoms with Gasteiger partial charge in [-0.2, -0.15) is 5.10 Å². The summed E-state index contributed by atoms with van der Waals surface area (Å²) in [5.41, 5.74) is 0.659. The molecule has 104 valence electrons. The molecule has 1 amide bonds. The first kappa shape index (κ1) is 12.6. The average molecular weight is 269 g/mol. The largest absolute Gasteiger partial charge is 0.300 e. The summed E-state index contributed by atoms with van der Waals surface area (Å²) in [5.74, 6) is -2.35. The number of amides is 1. The second kappa shape index (κ2) is 4.02. The zero-order chi connectivity index (χ0) is 13.8. The standard InChI is InChI=1S/C13H17F2N3O/c1-8-3-4-18-11(17(2)12(8)19)6-10(16-18)5-9-7-13(9,14)15/h6,8-9H,3-5,7H2,1-2H3. The van der Waals surface area contributed by atoms with Crippen molar-refractivity contribution in [3.05, 3.63) is 11.8 Å². The van der Waals surface area contributed by atoms with Crippen LogP contribution in [-0.4, -0.2) is 28.7 Å². The molecule has 0 saturated heterocycles. The third-order valence-corrected chi connectivity index (χ3v) is 4.09. The Labute approximate surface area is 110 Å². The lowest BCUT2D eigenvalue weighted by Gasteiger charge is -2.16. The van der Waals surface area contributed by atoms with Gasteiger partial charge in [0.05, 0.1) is 5.69 Å². The number of aromatic nitrogens is 2. The molecule has 1 saturated carbocycles. The van der Waals surface area contributed by atoms with Crippen LogP contribution in [-0.2, 0) is 17.8 Å². The molecule has 0 spiro atoms. The van der Waals surface area contributed by atoms with Gasteiger partial charge in [-0.3, -0.25) is 9.69 Å². The van der Waals surface area contributed by atoms with Crippen molar-refractivity contribution in [2.75, 3.05) is 11.9 Å². The second-order valence-corrected chi connectivity index (χ2v) is 5.67. The van der Waals surface area contributed by atoms with Crippen LogP contribution in [0.15, 0.2) is 6.07 Å². The molecule has 2 atom stereocenters. The van der Waals surface area contributed by atoms with E-state index in [1.54, 1.807) is 22.7 Å². The van der Waals surface area contributed by atoms with E-state index in [1.165, 1.54) is 0 Å². The van der Waals surface area contributed by atoms with Crippen LogP contribution in [0.25, 0.3) is 0 Å². The number of alkyl halides is 2. The van der Waals surface area contributed by atoms with Gasteiger partial charge < -0.3 is 0 Å². The summed E-state index contributed by atoms with van der Waals surface area (Å²) in [6, 6.07) is 1.77. The zero-order valence-corrected chi connectivity index (χ0v) is 11.1. The average Bonchev–Trinajstić information content (AvgIpc) is 2.81. The maximum atomic E-state index is 12.9. The Bertz CT molecular complexity index is 526. The van der Waals surface area contributed by atoms with Gasteiger partial charge in [0.15, 0.2) is 0 Å². The van der Waals surface area contributed by atoms with Gasteiger partial charge in [-0.15, -0.1) is 0 Å². The minimum atomic E-state index is -2.52. The molecule has 2 unspecified atom stereocenters. The lowest BCUT2D eigenvalue weighted by molar-refractivity contribution is -0.121. The van der Waals surface area contributed by atoms with Gasteiger partial charge >= 0.3 is 0 Å². The van der Waals surface area contributed by atoms with E-state index in [-0.39, 0.29) is 18.2 Å². The molecular formula is C13H17F2N3O. The van der Waals surface area contributed by atoms with Gasteiger partial charge in [-0.25, -0.2) is 13.5 Å². The summed E-state index contributed by atoms with van der Waals surface area (Å²) >= 11 is 0. The molecular weight excluding hydrogens is 252 g/mol. The van der Waals surface area contributed by atoms with E-state index in [4.69, 9.17) is 0 Å². The van der Waals surface area contributed by atoms with Crippen molar-refractivity contribution in [3.63, 3.8) is 0 Å². The minimum absolute atomic E-state index is 0.0251. The fraction of sp³-hybridized carbons (Fsp3) is 0.692. The molecule has 1 aromatic rings. The van der Waals surface area contributed by atoms with E-state index in [0.29, 0.717) is 24.5 Å². The monoisotopic (exact) mass is 269 g/mol. The molecule has 1 aliphatic heterocycles. The molecule has 0 bridgehead atoms. The number of fused-ring (bicyclic) bond motifs is 1. The number of hydrogen-bond donors (Lipinski definition) is 0. The molecule has 1 aromatic heterocycles. The Morgan fingerprint density at radius 1 is 1.53 bits per heavy atom. The van der Waals surface area contributed by atoms with Crippen LogP contribution >= 0.6 is 0 Å². The first-order chi connectivity index (χ1) is 8.88. The molecule has 0 aromatic carbocycles. The van der Waals surface area contributed by atoms with E-state index >= 15 is 0 Å². The molecule has 6 heteroatoms. The first-order valence-corrected chi connectivity index (χ1v) is 6.60. The van der Waals surface area contributed by atoms with Crippen LogP contribution in [0.2, 0.25) is 0 Å². The van der Waals surface area contributed by atoms with Crippen LogP contribution in [0, 0.1) is 11.8 Å². The molecule has 2 heterocycles. The number of rotatable bonds is 2. The van der Waals surface area contributed by atoms with Gasteiger partial charge in [-0.05, 0) is 6.42 Å². The predicted molar refractivity (Wildman–Crippen MR) is 66.2 cm³/mol. The minimum Gasteiger partial charge on any atom is -0.300 e. The van der Waals surface area contributed by atoms with Gasteiger partial charge in [0.25, 0.3) is 5.92 Å². The molecule has 0 radical (unpaired) electrons. The highest BCUT2D eigenvalue weighted by molar-refractivity contribution is 5.93. The zero-order valence-electron chi connectivity index (χ0n) is 11.1. The Morgan fingerprint density at radius 2 is 2.21 bits per heavy atom. The fourth-order valence-electron chi connectivity index (χ4n) is 2.62. The number of carbonyl (C=O) groups excluding carboxylic acids is 1. The Balaban J connectivity index is 1.82. The van der Waals surface area contributed by atoms with Crippen LogP contribution in [0.1, 0.15) is 25.5 Å². The SMILES string of the molecule is CC1CCn2nc(CC3CC3(F)F)cc2N(C)C1=O. The molecule has 2 aliphatic rings. The third-order valence-electron chi connectivity index (χ3n) is 4.09. The quantitative estimate of drug-likeness (QED) is 0.824. The van der Waals surface area contributed by atoms with Crippen LogP contribution in [0.4, 0.5) is 14.6 Å². The summed E-state index contributed by atoms with van der Waals surface area (Å²) in [6.45, 7) is 2.56. The normalized spacial score (nSPS) is 29.1. The molecule has 1 fully saturated rings. The smallest absolute Gasteiger partial charge is 0.252 e. The number of anilines is 1. The van der Waals surface area contributed by atoms with E-state index < -0.39 is 11.8 Å². The summed E-state index contributed by atoms with van der Waals surface area (Å²) in [4.78, 5) is 13.6. The van der Waals surface area contributed by atoms with Gasteiger partial charge in [-0.1, -0.05) is 6.92 Å². The number of aryl methyl sites for hydroxylation is 1. The first-order valence-electron chi connectivity index (χ1n) is 6.60. The van der Waals surface area contributed by atoms with E-state index in [2.05, 4.69) is 5.10 Å². The summed E-state index contributed by atoms with van der Waals surface area (Å²) in [5, 5.41) is 4.37. The molecule has 0 N–H and O–H groups in total. The van der Waals surface area contributed by atoms with E-state index in [1.807, 2.05) is 6.92 Å².